The highest BCUT2D eigenvalue weighted by atomic mass is 16.5. The zero-order chi connectivity index (χ0) is 20.7. The van der Waals surface area contributed by atoms with Crippen molar-refractivity contribution in [3.63, 3.8) is 0 Å². The lowest BCUT2D eigenvalue weighted by Gasteiger charge is -2.19. The van der Waals surface area contributed by atoms with Gasteiger partial charge < -0.3 is 19.8 Å². The Bertz CT molecular complexity index is 804. The van der Waals surface area contributed by atoms with Crippen LogP contribution in [-0.2, 0) is 26.3 Å². The van der Waals surface area contributed by atoms with Crippen molar-refractivity contribution in [3.05, 3.63) is 59.5 Å². The average molecular weight is 386 g/mol. The Morgan fingerprint density at radius 3 is 2.32 bits per heavy atom. The number of carbonyl (C=O) groups is 3. The van der Waals surface area contributed by atoms with Crippen LogP contribution in [0, 0.1) is 0 Å². The summed E-state index contributed by atoms with van der Waals surface area (Å²) in [6, 6.07) is 10.6. The molecule has 0 aliphatic heterocycles. The number of amides is 2. The van der Waals surface area contributed by atoms with E-state index in [0.717, 1.165) is 5.56 Å². The van der Waals surface area contributed by atoms with Gasteiger partial charge in [0.25, 0.3) is 11.8 Å². The van der Waals surface area contributed by atoms with Gasteiger partial charge >= 0.3 is 5.97 Å². The molecule has 7 heteroatoms. The third kappa shape index (κ3) is 6.26. The third-order valence-electron chi connectivity index (χ3n) is 4.10. The predicted octanol–water partition coefficient (Wildman–Crippen LogP) is 2.56. The van der Waals surface area contributed by atoms with Crippen LogP contribution in [0.15, 0.2) is 47.1 Å². The molecule has 2 amide bonds. The second kappa shape index (κ2) is 9.21. The summed E-state index contributed by atoms with van der Waals surface area (Å²) in [5.74, 6) is -0.932. The van der Waals surface area contributed by atoms with Crippen molar-refractivity contribution in [2.45, 2.75) is 45.8 Å². The maximum Gasteiger partial charge on any atom is 0.326 e. The van der Waals surface area contributed by atoms with Crippen molar-refractivity contribution in [1.82, 2.24) is 10.6 Å². The molecule has 2 N–H and O–H groups in total. The molecule has 7 nitrogen and oxygen atoms in total. The summed E-state index contributed by atoms with van der Waals surface area (Å²) in [5.41, 5.74) is 1.55. The van der Waals surface area contributed by atoms with Crippen LogP contribution < -0.4 is 10.6 Å². The molecule has 150 valence electrons. The maximum atomic E-state index is 12.2. The molecule has 0 bridgehead atoms. The van der Waals surface area contributed by atoms with Gasteiger partial charge in [-0.05, 0) is 42.2 Å². The standard InChI is InChI=1S/C21H26N2O5/c1-14(19(25)22-12-17-6-5-11-27-17)28-18(24)13-23-20(26)15-7-9-16(10-8-15)21(2,3)4/h5-11,14H,12-13H2,1-4H3,(H,22,25)(H,23,26)/t14-/m1/s1. The summed E-state index contributed by atoms with van der Waals surface area (Å²) in [6.07, 6.45) is 0.523. The minimum Gasteiger partial charge on any atom is -0.467 e. The molecule has 1 atom stereocenters. The summed E-state index contributed by atoms with van der Waals surface area (Å²) < 4.78 is 10.1. The Hall–Kier alpha value is -3.09. The fourth-order valence-electron chi connectivity index (χ4n) is 2.40. The van der Waals surface area contributed by atoms with E-state index in [4.69, 9.17) is 9.15 Å². The van der Waals surface area contributed by atoms with E-state index in [-0.39, 0.29) is 24.4 Å². The quantitative estimate of drug-likeness (QED) is 0.713. The lowest BCUT2D eigenvalue weighted by atomic mass is 9.87. The molecule has 0 unspecified atom stereocenters. The van der Waals surface area contributed by atoms with Gasteiger partial charge in [-0.15, -0.1) is 0 Å². The highest BCUT2D eigenvalue weighted by molar-refractivity contribution is 5.96. The molecule has 1 heterocycles. The van der Waals surface area contributed by atoms with E-state index in [1.165, 1.54) is 13.2 Å². The van der Waals surface area contributed by atoms with Crippen LogP contribution in [0.3, 0.4) is 0 Å². The number of nitrogens with one attached hydrogen (secondary N) is 2. The fourth-order valence-corrected chi connectivity index (χ4v) is 2.40. The minimum absolute atomic E-state index is 0.00748. The van der Waals surface area contributed by atoms with Crippen molar-refractivity contribution < 1.29 is 23.5 Å². The Morgan fingerprint density at radius 1 is 1.07 bits per heavy atom. The molecule has 28 heavy (non-hydrogen) atoms. The first-order valence-electron chi connectivity index (χ1n) is 9.05. The first kappa shape index (κ1) is 21.2. The topological polar surface area (TPSA) is 97.6 Å². The van der Waals surface area contributed by atoms with Gasteiger partial charge in [0.2, 0.25) is 0 Å². The normalized spacial score (nSPS) is 12.1. The maximum absolute atomic E-state index is 12.2. The van der Waals surface area contributed by atoms with Crippen LogP contribution >= 0.6 is 0 Å². The van der Waals surface area contributed by atoms with Crippen LogP contribution in [0.2, 0.25) is 0 Å². The van der Waals surface area contributed by atoms with Crippen molar-refractivity contribution in [2.24, 2.45) is 0 Å². The molecule has 1 aromatic carbocycles. The number of esters is 1. The van der Waals surface area contributed by atoms with Crippen molar-refractivity contribution in [3.8, 4) is 0 Å². The van der Waals surface area contributed by atoms with Crippen LogP contribution in [-0.4, -0.2) is 30.4 Å². The molecule has 0 aliphatic carbocycles. The Morgan fingerprint density at radius 2 is 1.75 bits per heavy atom. The number of furan rings is 1. The molecular weight excluding hydrogens is 360 g/mol. The van der Waals surface area contributed by atoms with E-state index in [2.05, 4.69) is 31.4 Å². The van der Waals surface area contributed by atoms with Gasteiger partial charge in [0.05, 0.1) is 12.8 Å². The van der Waals surface area contributed by atoms with Gasteiger partial charge in [-0.1, -0.05) is 32.9 Å². The highest BCUT2D eigenvalue weighted by Gasteiger charge is 2.19. The summed E-state index contributed by atoms with van der Waals surface area (Å²) in [5, 5.41) is 5.10. The Labute approximate surface area is 164 Å². The highest BCUT2D eigenvalue weighted by Crippen LogP contribution is 2.22. The molecule has 0 spiro atoms. The van der Waals surface area contributed by atoms with E-state index in [0.29, 0.717) is 11.3 Å². The number of hydrogen-bond acceptors (Lipinski definition) is 5. The second-order valence-corrected chi connectivity index (χ2v) is 7.44. The Kier molecular flexibility index (Phi) is 6.98. The molecule has 2 aromatic rings. The van der Waals surface area contributed by atoms with Gasteiger partial charge in [-0.2, -0.15) is 0 Å². The first-order chi connectivity index (χ1) is 13.2. The van der Waals surface area contributed by atoms with E-state index in [1.54, 1.807) is 24.3 Å². The molecule has 0 fully saturated rings. The monoisotopic (exact) mass is 386 g/mol. The smallest absolute Gasteiger partial charge is 0.326 e. The minimum atomic E-state index is -0.981. The molecule has 1 aromatic heterocycles. The van der Waals surface area contributed by atoms with Gasteiger partial charge in [0.15, 0.2) is 6.10 Å². The summed E-state index contributed by atoms with van der Waals surface area (Å²) in [4.78, 5) is 36.0. The first-order valence-corrected chi connectivity index (χ1v) is 9.05. The van der Waals surface area contributed by atoms with Gasteiger partial charge in [-0.25, -0.2) is 0 Å². The van der Waals surface area contributed by atoms with E-state index in [1.807, 2.05) is 12.1 Å². The predicted molar refractivity (Wildman–Crippen MR) is 104 cm³/mol. The van der Waals surface area contributed by atoms with Gasteiger partial charge in [0, 0.05) is 5.56 Å². The van der Waals surface area contributed by atoms with Crippen LogP contribution in [0.5, 0.6) is 0 Å². The van der Waals surface area contributed by atoms with E-state index in [9.17, 15) is 14.4 Å². The zero-order valence-corrected chi connectivity index (χ0v) is 16.6. The van der Waals surface area contributed by atoms with Gasteiger partial charge in [0.1, 0.15) is 12.3 Å². The fraction of sp³-hybridized carbons (Fsp3) is 0.381. The molecule has 0 saturated carbocycles. The zero-order valence-electron chi connectivity index (χ0n) is 16.6. The number of ether oxygens (including phenoxy) is 1. The number of rotatable bonds is 7. The lowest BCUT2D eigenvalue weighted by molar-refractivity contribution is -0.153. The van der Waals surface area contributed by atoms with E-state index >= 15 is 0 Å². The molecule has 0 radical (unpaired) electrons. The van der Waals surface area contributed by atoms with Crippen molar-refractivity contribution >= 4 is 17.8 Å². The summed E-state index contributed by atoms with van der Waals surface area (Å²) in [7, 11) is 0. The van der Waals surface area contributed by atoms with Crippen LogP contribution in [0.4, 0.5) is 0 Å². The SMILES string of the molecule is C[C@@H](OC(=O)CNC(=O)c1ccc(C(C)(C)C)cc1)C(=O)NCc1ccco1. The lowest BCUT2D eigenvalue weighted by Crippen LogP contribution is -2.38. The summed E-state index contributed by atoms with van der Waals surface area (Å²) >= 11 is 0. The number of carbonyl (C=O) groups excluding carboxylic acids is 3. The van der Waals surface area contributed by atoms with E-state index < -0.39 is 18.0 Å². The van der Waals surface area contributed by atoms with Crippen LogP contribution in [0.25, 0.3) is 0 Å². The molecule has 0 aliphatic rings. The average Bonchev–Trinajstić information content (AvgIpc) is 3.17. The largest absolute Gasteiger partial charge is 0.467 e. The van der Waals surface area contributed by atoms with Crippen molar-refractivity contribution in [2.75, 3.05) is 6.54 Å². The second-order valence-electron chi connectivity index (χ2n) is 7.44. The number of hydrogen-bond donors (Lipinski definition) is 2. The van der Waals surface area contributed by atoms with Crippen molar-refractivity contribution in [1.29, 1.82) is 0 Å². The third-order valence-corrected chi connectivity index (χ3v) is 4.10. The molecule has 2 rings (SSSR count). The Balaban J connectivity index is 1.76. The molecular formula is C21H26N2O5. The number of benzene rings is 1. The van der Waals surface area contributed by atoms with Crippen LogP contribution in [0.1, 0.15) is 49.4 Å². The van der Waals surface area contributed by atoms with Gasteiger partial charge in [-0.3, -0.25) is 14.4 Å². The molecule has 0 saturated heterocycles. The summed E-state index contributed by atoms with van der Waals surface area (Å²) in [6.45, 7) is 7.60.